The fraction of sp³-hybridized carbons (Fsp3) is 0.450. The number of aromatic nitrogens is 2. The standard InChI is InChI=1S/C20H25N3O2S/c1-14(2)26-18-7-5-16(6-8-18)12-20(24)23-11-10-17(13-23)25-19-9-4-15(3)21-22-19/h4-9,14,17H,10-13H2,1-3H3. The van der Waals surface area contributed by atoms with E-state index in [9.17, 15) is 4.79 Å². The molecule has 0 spiro atoms. The van der Waals surface area contributed by atoms with Crippen LogP contribution in [-0.4, -0.2) is 45.4 Å². The highest BCUT2D eigenvalue weighted by molar-refractivity contribution is 7.99. The van der Waals surface area contributed by atoms with Crippen molar-refractivity contribution < 1.29 is 9.53 Å². The lowest BCUT2D eigenvalue weighted by Gasteiger charge is -2.17. The number of hydrogen-bond acceptors (Lipinski definition) is 5. The van der Waals surface area contributed by atoms with E-state index in [0.717, 1.165) is 24.2 Å². The Morgan fingerprint density at radius 2 is 2.00 bits per heavy atom. The van der Waals surface area contributed by atoms with Gasteiger partial charge in [0.25, 0.3) is 0 Å². The van der Waals surface area contributed by atoms with E-state index in [1.165, 1.54) is 4.90 Å². The van der Waals surface area contributed by atoms with Crippen molar-refractivity contribution in [2.45, 2.75) is 49.9 Å². The molecule has 3 rings (SSSR count). The third kappa shape index (κ3) is 5.21. The predicted molar refractivity (Wildman–Crippen MR) is 104 cm³/mol. The van der Waals surface area contributed by atoms with E-state index in [1.54, 1.807) is 0 Å². The first-order valence-electron chi connectivity index (χ1n) is 9.00. The number of likely N-dealkylation sites (tertiary alicyclic amines) is 1. The van der Waals surface area contributed by atoms with Gasteiger partial charge in [0.15, 0.2) is 0 Å². The van der Waals surface area contributed by atoms with Gasteiger partial charge < -0.3 is 9.64 Å². The van der Waals surface area contributed by atoms with Gasteiger partial charge in [0, 0.05) is 29.2 Å². The van der Waals surface area contributed by atoms with Gasteiger partial charge in [0.2, 0.25) is 11.8 Å². The minimum atomic E-state index is -0.0132. The van der Waals surface area contributed by atoms with Gasteiger partial charge in [-0.3, -0.25) is 4.79 Å². The van der Waals surface area contributed by atoms with Crippen molar-refractivity contribution in [1.29, 1.82) is 0 Å². The molecule has 0 saturated carbocycles. The van der Waals surface area contributed by atoms with Gasteiger partial charge in [-0.2, -0.15) is 5.10 Å². The second kappa shape index (κ2) is 8.54. The summed E-state index contributed by atoms with van der Waals surface area (Å²) >= 11 is 1.83. The van der Waals surface area contributed by atoms with Crippen LogP contribution in [0.25, 0.3) is 0 Å². The minimum absolute atomic E-state index is 0.0132. The molecule has 1 fully saturated rings. The Balaban J connectivity index is 1.50. The lowest BCUT2D eigenvalue weighted by atomic mass is 10.1. The van der Waals surface area contributed by atoms with E-state index in [-0.39, 0.29) is 12.0 Å². The Morgan fingerprint density at radius 1 is 1.23 bits per heavy atom. The van der Waals surface area contributed by atoms with Gasteiger partial charge in [0.05, 0.1) is 18.7 Å². The molecule has 138 valence electrons. The van der Waals surface area contributed by atoms with Crippen LogP contribution in [0.4, 0.5) is 0 Å². The van der Waals surface area contributed by atoms with E-state index in [2.05, 4.69) is 48.3 Å². The fourth-order valence-electron chi connectivity index (χ4n) is 2.92. The molecule has 1 aromatic heterocycles. The maximum absolute atomic E-state index is 12.6. The third-order valence-electron chi connectivity index (χ3n) is 4.21. The zero-order valence-corrected chi connectivity index (χ0v) is 16.3. The molecule has 1 aliphatic heterocycles. The molecule has 1 aromatic carbocycles. The van der Waals surface area contributed by atoms with Gasteiger partial charge in [-0.1, -0.05) is 26.0 Å². The molecule has 2 aromatic rings. The average Bonchev–Trinajstić information content (AvgIpc) is 3.07. The molecule has 1 atom stereocenters. The Hall–Kier alpha value is -2.08. The molecule has 2 heterocycles. The number of carbonyl (C=O) groups is 1. The van der Waals surface area contributed by atoms with Gasteiger partial charge in [-0.15, -0.1) is 16.9 Å². The molecule has 5 nitrogen and oxygen atoms in total. The van der Waals surface area contributed by atoms with Crippen LogP contribution in [0.1, 0.15) is 31.5 Å². The molecule has 0 N–H and O–H groups in total. The largest absolute Gasteiger partial charge is 0.471 e. The van der Waals surface area contributed by atoms with Crippen LogP contribution in [0.5, 0.6) is 5.88 Å². The SMILES string of the molecule is Cc1ccc(OC2CCN(C(=O)Cc3ccc(SC(C)C)cc3)C2)nn1. The lowest BCUT2D eigenvalue weighted by Crippen LogP contribution is -2.32. The quantitative estimate of drug-likeness (QED) is 0.728. The summed E-state index contributed by atoms with van der Waals surface area (Å²) in [5.41, 5.74) is 1.91. The lowest BCUT2D eigenvalue weighted by molar-refractivity contribution is -0.129. The van der Waals surface area contributed by atoms with Gasteiger partial charge >= 0.3 is 0 Å². The molecule has 1 amide bonds. The van der Waals surface area contributed by atoms with Crippen molar-refractivity contribution >= 4 is 17.7 Å². The Labute approximate surface area is 159 Å². The maximum Gasteiger partial charge on any atom is 0.233 e. The first-order valence-corrected chi connectivity index (χ1v) is 9.88. The molecule has 6 heteroatoms. The topological polar surface area (TPSA) is 55.3 Å². The molecule has 26 heavy (non-hydrogen) atoms. The number of thioether (sulfide) groups is 1. The summed E-state index contributed by atoms with van der Waals surface area (Å²) in [5.74, 6) is 0.670. The summed E-state index contributed by atoms with van der Waals surface area (Å²) in [4.78, 5) is 15.7. The van der Waals surface area contributed by atoms with E-state index >= 15 is 0 Å². The number of rotatable bonds is 6. The highest BCUT2D eigenvalue weighted by Gasteiger charge is 2.27. The highest BCUT2D eigenvalue weighted by Crippen LogP contribution is 2.23. The predicted octanol–water partition coefficient (Wildman–Crippen LogP) is 3.51. The fourth-order valence-corrected chi connectivity index (χ4v) is 3.75. The van der Waals surface area contributed by atoms with E-state index in [0.29, 0.717) is 24.1 Å². The number of ether oxygens (including phenoxy) is 1. The summed E-state index contributed by atoms with van der Waals surface area (Å²) in [7, 11) is 0. The van der Waals surface area contributed by atoms with E-state index in [4.69, 9.17) is 4.74 Å². The monoisotopic (exact) mass is 371 g/mol. The number of benzene rings is 1. The molecule has 1 aliphatic rings. The van der Waals surface area contributed by atoms with Crippen LogP contribution in [-0.2, 0) is 11.2 Å². The summed E-state index contributed by atoms with van der Waals surface area (Å²) < 4.78 is 5.84. The van der Waals surface area contributed by atoms with Crippen LogP contribution in [0.3, 0.4) is 0 Å². The zero-order chi connectivity index (χ0) is 18.5. The van der Waals surface area contributed by atoms with Gasteiger partial charge in [-0.05, 0) is 30.7 Å². The maximum atomic E-state index is 12.6. The van der Waals surface area contributed by atoms with Crippen LogP contribution >= 0.6 is 11.8 Å². The highest BCUT2D eigenvalue weighted by atomic mass is 32.2. The number of hydrogen-bond donors (Lipinski definition) is 0. The second-order valence-electron chi connectivity index (χ2n) is 6.87. The third-order valence-corrected chi connectivity index (χ3v) is 5.22. The second-order valence-corrected chi connectivity index (χ2v) is 8.52. The van der Waals surface area contributed by atoms with Crippen molar-refractivity contribution in [1.82, 2.24) is 15.1 Å². The van der Waals surface area contributed by atoms with Gasteiger partial charge in [0.1, 0.15) is 6.10 Å². The summed E-state index contributed by atoms with van der Waals surface area (Å²) in [6.07, 6.45) is 1.25. The Kier molecular flexibility index (Phi) is 6.14. The summed E-state index contributed by atoms with van der Waals surface area (Å²) in [6, 6.07) is 12.0. The van der Waals surface area contributed by atoms with Gasteiger partial charge in [-0.25, -0.2) is 0 Å². The molecule has 0 bridgehead atoms. The van der Waals surface area contributed by atoms with E-state index < -0.39 is 0 Å². The van der Waals surface area contributed by atoms with Crippen molar-refractivity contribution in [2.24, 2.45) is 0 Å². The molecule has 1 unspecified atom stereocenters. The molecule has 0 aliphatic carbocycles. The number of carbonyl (C=O) groups excluding carboxylic acids is 1. The molecule has 1 saturated heterocycles. The van der Waals surface area contributed by atoms with Crippen LogP contribution in [0.15, 0.2) is 41.3 Å². The summed E-state index contributed by atoms with van der Waals surface area (Å²) in [5, 5.41) is 8.59. The van der Waals surface area contributed by atoms with Crippen LogP contribution in [0, 0.1) is 6.92 Å². The molecule has 0 radical (unpaired) electrons. The van der Waals surface area contributed by atoms with Crippen molar-refractivity contribution in [3.05, 3.63) is 47.7 Å². The number of aryl methyl sites for hydroxylation is 1. The first-order chi connectivity index (χ1) is 12.5. The van der Waals surface area contributed by atoms with Crippen molar-refractivity contribution in [2.75, 3.05) is 13.1 Å². The zero-order valence-electron chi connectivity index (χ0n) is 15.5. The molecular weight excluding hydrogens is 346 g/mol. The Bertz CT molecular complexity index is 732. The normalized spacial score (nSPS) is 16.9. The number of amides is 1. The van der Waals surface area contributed by atoms with Crippen molar-refractivity contribution in [3.8, 4) is 5.88 Å². The number of nitrogens with zero attached hydrogens (tertiary/aromatic N) is 3. The van der Waals surface area contributed by atoms with E-state index in [1.807, 2.05) is 35.7 Å². The molecular formula is C20H25N3O2S. The summed E-state index contributed by atoms with van der Waals surface area (Å²) in [6.45, 7) is 7.58. The minimum Gasteiger partial charge on any atom is -0.471 e. The van der Waals surface area contributed by atoms with Crippen LogP contribution in [0.2, 0.25) is 0 Å². The van der Waals surface area contributed by atoms with Crippen molar-refractivity contribution in [3.63, 3.8) is 0 Å². The van der Waals surface area contributed by atoms with Crippen LogP contribution < -0.4 is 4.74 Å². The average molecular weight is 372 g/mol. The Morgan fingerprint density at radius 3 is 2.65 bits per heavy atom. The first kappa shape index (κ1) is 18.7. The smallest absolute Gasteiger partial charge is 0.233 e.